The fraction of sp³-hybridized carbons (Fsp3) is 0.308. The number of ether oxygens (including phenoxy) is 2. The van der Waals surface area contributed by atoms with Crippen LogP contribution in [0.2, 0.25) is 0 Å². The minimum absolute atomic E-state index is 0.553. The lowest BCUT2D eigenvalue weighted by molar-refractivity contribution is 0.110. The fourth-order valence-electron chi connectivity index (χ4n) is 2.20. The summed E-state index contributed by atoms with van der Waals surface area (Å²) in [5.41, 5.74) is 9.06. The lowest BCUT2D eigenvalue weighted by Crippen LogP contribution is -2.13. The van der Waals surface area contributed by atoms with Gasteiger partial charge in [0.25, 0.3) is 0 Å². The van der Waals surface area contributed by atoms with Crippen LogP contribution >= 0.6 is 0 Å². The lowest BCUT2D eigenvalue weighted by atomic mass is 10.1. The first-order chi connectivity index (χ1) is 8.79. The van der Waals surface area contributed by atoms with Gasteiger partial charge in [0, 0.05) is 12.0 Å². The van der Waals surface area contributed by atoms with Crippen LogP contribution in [0.4, 0.5) is 5.82 Å². The highest BCUT2D eigenvalue weighted by Gasteiger charge is 2.20. The number of fused-ring (bicyclic) bond motifs is 1. The summed E-state index contributed by atoms with van der Waals surface area (Å²) >= 11 is 0. The normalized spacial score (nSPS) is 14.3. The molecule has 5 heteroatoms. The van der Waals surface area contributed by atoms with Crippen LogP contribution in [0.25, 0.3) is 5.69 Å². The summed E-state index contributed by atoms with van der Waals surface area (Å²) in [7, 11) is 1.65. The van der Waals surface area contributed by atoms with Gasteiger partial charge in [-0.1, -0.05) is 0 Å². The third-order valence-electron chi connectivity index (χ3n) is 3.17. The average Bonchev–Trinajstić information content (AvgIpc) is 2.77. The van der Waals surface area contributed by atoms with Crippen molar-refractivity contribution >= 4 is 5.82 Å². The van der Waals surface area contributed by atoms with Crippen LogP contribution in [0.1, 0.15) is 11.3 Å². The van der Waals surface area contributed by atoms with E-state index in [-0.39, 0.29) is 0 Å². The van der Waals surface area contributed by atoms with E-state index in [4.69, 9.17) is 15.2 Å². The smallest absolute Gasteiger partial charge is 0.151 e. The Hall–Kier alpha value is -2.01. The Labute approximate surface area is 105 Å². The van der Waals surface area contributed by atoms with Gasteiger partial charge in [-0.25, -0.2) is 4.68 Å². The number of anilines is 1. The molecule has 1 aliphatic rings. The Bertz CT molecular complexity index is 560. The number of methoxy groups -OCH3 is 1. The van der Waals surface area contributed by atoms with Gasteiger partial charge in [-0.05, 0) is 24.3 Å². The summed E-state index contributed by atoms with van der Waals surface area (Å²) in [6, 6.07) is 7.78. The third-order valence-corrected chi connectivity index (χ3v) is 3.17. The van der Waals surface area contributed by atoms with Crippen LogP contribution in [-0.2, 0) is 17.8 Å². The van der Waals surface area contributed by atoms with Crippen molar-refractivity contribution in [3.8, 4) is 11.4 Å². The predicted molar refractivity (Wildman–Crippen MR) is 67.9 cm³/mol. The molecule has 0 saturated heterocycles. The highest BCUT2D eigenvalue weighted by atomic mass is 16.5. The number of hydrogen-bond acceptors (Lipinski definition) is 4. The summed E-state index contributed by atoms with van der Waals surface area (Å²) in [6.45, 7) is 1.27. The zero-order chi connectivity index (χ0) is 12.5. The molecule has 0 amide bonds. The number of nitrogens with two attached hydrogens (primary N) is 1. The number of nitrogen functional groups attached to an aromatic ring is 1. The molecule has 0 fully saturated rings. The van der Waals surface area contributed by atoms with Crippen molar-refractivity contribution in [1.82, 2.24) is 9.78 Å². The van der Waals surface area contributed by atoms with Gasteiger partial charge in [0.05, 0.1) is 31.7 Å². The molecular formula is C13H15N3O2. The molecule has 2 heterocycles. The average molecular weight is 245 g/mol. The van der Waals surface area contributed by atoms with Crippen LogP contribution in [0, 0.1) is 0 Å². The molecule has 1 aromatic carbocycles. The quantitative estimate of drug-likeness (QED) is 0.871. The zero-order valence-electron chi connectivity index (χ0n) is 10.2. The van der Waals surface area contributed by atoms with Crippen LogP contribution in [0.3, 0.4) is 0 Å². The van der Waals surface area contributed by atoms with Gasteiger partial charge in [-0.3, -0.25) is 0 Å². The second-order valence-electron chi connectivity index (χ2n) is 4.22. The van der Waals surface area contributed by atoms with Gasteiger partial charge in [-0.15, -0.1) is 0 Å². The molecule has 94 valence electrons. The summed E-state index contributed by atoms with van der Waals surface area (Å²) in [4.78, 5) is 0. The van der Waals surface area contributed by atoms with Crippen molar-refractivity contribution in [1.29, 1.82) is 0 Å². The monoisotopic (exact) mass is 245 g/mol. The molecule has 3 rings (SSSR count). The second kappa shape index (κ2) is 4.34. The molecule has 1 aromatic heterocycles. The Balaban J connectivity index is 2.05. The molecule has 2 N–H and O–H groups in total. The molecule has 2 aromatic rings. The van der Waals surface area contributed by atoms with Crippen molar-refractivity contribution in [3.05, 3.63) is 35.5 Å². The van der Waals surface area contributed by atoms with E-state index < -0.39 is 0 Å². The number of aromatic nitrogens is 2. The molecule has 0 bridgehead atoms. The number of nitrogens with zero attached hydrogens (tertiary/aromatic N) is 2. The molecule has 0 spiro atoms. The molecule has 5 nitrogen and oxygen atoms in total. The number of rotatable bonds is 2. The molecule has 1 aliphatic heterocycles. The Kier molecular flexibility index (Phi) is 2.68. The first kappa shape index (κ1) is 11.1. The SMILES string of the molecule is COc1ccc(-n2nc(N)c3c2CCOC3)cc1. The van der Waals surface area contributed by atoms with Gasteiger partial charge < -0.3 is 15.2 Å². The van der Waals surface area contributed by atoms with Gasteiger partial charge in [-0.2, -0.15) is 5.10 Å². The molecule has 0 atom stereocenters. The molecule has 0 unspecified atom stereocenters. The van der Waals surface area contributed by atoms with E-state index in [0.717, 1.165) is 29.1 Å². The largest absolute Gasteiger partial charge is 0.497 e. The van der Waals surface area contributed by atoms with Crippen molar-refractivity contribution in [2.75, 3.05) is 19.5 Å². The van der Waals surface area contributed by atoms with E-state index in [2.05, 4.69) is 5.10 Å². The van der Waals surface area contributed by atoms with Crippen molar-refractivity contribution in [2.24, 2.45) is 0 Å². The minimum Gasteiger partial charge on any atom is -0.497 e. The summed E-state index contributed by atoms with van der Waals surface area (Å²) in [6.07, 6.45) is 0.839. The number of hydrogen-bond donors (Lipinski definition) is 1. The highest BCUT2D eigenvalue weighted by molar-refractivity contribution is 5.48. The Morgan fingerprint density at radius 2 is 2.11 bits per heavy atom. The van der Waals surface area contributed by atoms with Gasteiger partial charge in [0.2, 0.25) is 0 Å². The summed E-state index contributed by atoms with van der Waals surface area (Å²) < 4.78 is 12.5. The first-order valence-electron chi connectivity index (χ1n) is 5.88. The van der Waals surface area contributed by atoms with Crippen molar-refractivity contribution in [2.45, 2.75) is 13.0 Å². The fourth-order valence-corrected chi connectivity index (χ4v) is 2.20. The van der Waals surface area contributed by atoms with E-state index >= 15 is 0 Å². The van der Waals surface area contributed by atoms with Crippen LogP contribution in [0.15, 0.2) is 24.3 Å². The maximum Gasteiger partial charge on any atom is 0.151 e. The Morgan fingerprint density at radius 1 is 1.33 bits per heavy atom. The van der Waals surface area contributed by atoms with E-state index in [9.17, 15) is 0 Å². The lowest BCUT2D eigenvalue weighted by Gasteiger charge is -2.14. The first-order valence-corrected chi connectivity index (χ1v) is 5.88. The Morgan fingerprint density at radius 3 is 2.83 bits per heavy atom. The van der Waals surface area contributed by atoms with Gasteiger partial charge >= 0.3 is 0 Å². The summed E-state index contributed by atoms with van der Waals surface area (Å²) in [5, 5.41) is 4.39. The zero-order valence-corrected chi connectivity index (χ0v) is 10.2. The summed E-state index contributed by atoms with van der Waals surface area (Å²) in [5.74, 6) is 1.39. The maximum absolute atomic E-state index is 5.92. The molecule has 0 radical (unpaired) electrons. The van der Waals surface area contributed by atoms with E-state index in [0.29, 0.717) is 19.0 Å². The van der Waals surface area contributed by atoms with E-state index in [1.807, 2.05) is 28.9 Å². The van der Waals surface area contributed by atoms with Crippen LogP contribution < -0.4 is 10.5 Å². The minimum atomic E-state index is 0.553. The van der Waals surface area contributed by atoms with Crippen molar-refractivity contribution in [3.63, 3.8) is 0 Å². The highest BCUT2D eigenvalue weighted by Crippen LogP contribution is 2.25. The van der Waals surface area contributed by atoms with Gasteiger partial charge in [0.15, 0.2) is 5.82 Å². The van der Waals surface area contributed by atoms with Crippen molar-refractivity contribution < 1.29 is 9.47 Å². The van der Waals surface area contributed by atoms with Crippen LogP contribution in [-0.4, -0.2) is 23.5 Å². The molecule has 18 heavy (non-hydrogen) atoms. The molecule has 0 saturated carbocycles. The second-order valence-corrected chi connectivity index (χ2v) is 4.22. The van der Waals surface area contributed by atoms with E-state index in [1.165, 1.54) is 0 Å². The number of benzene rings is 1. The maximum atomic E-state index is 5.92. The standard InChI is InChI=1S/C13H15N3O2/c1-17-10-4-2-9(3-5-10)16-12-6-7-18-8-11(12)13(14)15-16/h2-5H,6-8H2,1H3,(H2,14,15). The predicted octanol–water partition coefficient (Wildman–Crippen LogP) is 1.54. The van der Waals surface area contributed by atoms with E-state index in [1.54, 1.807) is 7.11 Å². The topological polar surface area (TPSA) is 62.3 Å². The van der Waals surface area contributed by atoms with Crippen LogP contribution in [0.5, 0.6) is 5.75 Å². The molecule has 0 aliphatic carbocycles. The third kappa shape index (κ3) is 1.73. The molecular weight excluding hydrogens is 230 g/mol. The van der Waals surface area contributed by atoms with Gasteiger partial charge in [0.1, 0.15) is 5.75 Å².